The molecule has 4 heteroatoms. The van der Waals surface area contributed by atoms with Crippen molar-refractivity contribution in [3.05, 3.63) is 84.6 Å². The first-order valence-electron chi connectivity index (χ1n) is 9.13. The van der Waals surface area contributed by atoms with Gasteiger partial charge in [-0.15, -0.1) is 20.4 Å². The standard InChI is InChI=1S/C23H31NOS2/c1-6-21(25)19-20-24(26(4,7-2)22-15-11-9-12-16-22)27(5,8-3)23-17-13-10-14-18-23/h7-18H,2-3,6,19-20H2,1,4-5H3. The van der Waals surface area contributed by atoms with Crippen LogP contribution in [0.2, 0.25) is 0 Å². The van der Waals surface area contributed by atoms with Crippen molar-refractivity contribution in [1.82, 2.24) is 3.71 Å². The minimum Gasteiger partial charge on any atom is -0.300 e. The van der Waals surface area contributed by atoms with Crippen LogP contribution < -0.4 is 0 Å². The number of benzene rings is 2. The van der Waals surface area contributed by atoms with E-state index in [9.17, 15) is 4.79 Å². The van der Waals surface area contributed by atoms with Gasteiger partial charge in [0.05, 0.1) is 0 Å². The second-order valence-electron chi connectivity index (χ2n) is 6.53. The maximum atomic E-state index is 12.2. The average Bonchev–Trinajstić information content (AvgIpc) is 2.74. The second kappa shape index (κ2) is 9.45. The zero-order chi connectivity index (χ0) is 19.9. The number of Topliss-reactive ketones (excluding diaryl/α,β-unsaturated/α-hetero) is 1. The summed E-state index contributed by atoms with van der Waals surface area (Å²) in [6.45, 7) is 11.0. The van der Waals surface area contributed by atoms with E-state index in [-0.39, 0.29) is 5.78 Å². The molecule has 2 rings (SSSR count). The van der Waals surface area contributed by atoms with Gasteiger partial charge in [0.25, 0.3) is 0 Å². The normalized spacial score (nSPS) is 17.9. The molecule has 0 amide bonds. The topological polar surface area (TPSA) is 20.3 Å². The first-order valence-corrected chi connectivity index (χ1v) is 13.3. The Kier molecular flexibility index (Phi) is 7.54. The third-order valence-electron chi connectivity index (χ3n) is 4.90. The van der Waals surface area contributed by atoms with Crippen molar-refractivity contribution >= 4 is 26.2 Å². The van der Waals surface area contributed by atoms with Gasteiger partial charge in [-0.05, 0) is 47.6 Å². The summed E-state index contributed by atoms with van der Waals surface area (Å²) >= 11 is 0. The van der Waals surface area contributed by atoms with Gasteiger partial charge in [-0.2, -0.15) is 0 Å². The van der Waals surface area contributed by atoms with Gasteiger partial charge >= 0.3 is 0 Å². The van der Waals surface area contributed by atoms with Gasteiger partial charge in [-0.1, -0.05) is 56.5 Å². The van der Waals surface area contributed by atoms with Gasteiger partial charge in [-0.3, -0.25) is 4.79 Å². The van der Waals surface area contributed by atoms with Crippen LogP contribution in [0.5, 0.6) is 0 Å². The Bertz CT molecular complexity index is 720. The first kappa shape index (κ1) is 21.5. The minimum atomic E-state index is -1.51. The number of carbonyl (C=O) groups excluding carboxylic acids is 1. The highest BCUT2D eigenvalue weighted by atomic mass is 32.3. The van der Waals surface area contributed by atoms with Crippen LogP contribution in [0.1, 0.15) is 19.8 Å². The molecular weight excluding hydrogens is 370 g/mol. The van der Waals surface area contributed by atoms with E-state index in [0.29, 0.717) is 19.4 Å². The monoisotopic (exact) mass is 401 g/mol. The molecule has 0 saturated heterocycles. The van der Waals surface area contributed by atoms with Crippen molar-refractivity contribution in [2.45, 2.75) is 29.6 Å². The molecule has 0 heterocycles. The molecule has 0 aliphatic carbocycles. The van der Waals surface area contributed by atoms with Crippen molar-refractivity contribution in [1.29, 1.82) is 0 Å². The molecule has 27 heavy (non-hydrogen) atoms. The van der Waals surface area contributed by atoms with Crippen LogP contribution in [0, 0.1) is 0 Å². The van der Waals surface area contributed by atoms with Gasteiger partial charge in [0, 0.05) is 29.2 Å². The van der Waals surface area contributed by atoms with Crippen LogP contribution in [-0.4, -0.2) is 28.6 Å². The Morgan fingerprint density at radius 3 is 1.63 bits per heavy atom. The van der Waals surface area contributed by atoms with Crippen molar-refractivity contribution in [3.8, 4) is 0 Å². The molecule has 0 aliphatic rings. The van der Waals surface area contributed by atoms with E-state index in [4.69, 9.17) is 0 Å². The Hall–Kier alpha value is -1.75. The van der Waals surface area contributed by atoms with Gasteiger partial charge < -0.3 is 0 Å². The Balaban J connectivity index is 2.60. The zero-order valence-electron chi connectivity index (χ0n) is 16.6. The lowest BCUT2D eigenvalue weighted by Crippen LogP contribution is -2.31. The third-order valence-corrected chi connectivity index (χ3v) is 12.6. The molecular formula is C23H31NOS2. The Morgan fingerprint density at radius 1 is 0.889 bits per heavy atom. The number of carbonyl (C=O) groups is 1. The predicted molar refractivity (Wildman–Crippen MR) is 123 cm³/mol. The number of hydrogen-bond acceptors (Lipinski definition) is 2. The lowest BCUT2D eigenvalue weighted by atomic mass is 10.2. The molecule has 146 valence electrons. The van der Waals surface area contributed by atoms with Gasteiger partial charge in [0.1, 0.15) is 5.78 Å². The summed E-state index contributed by atoms with van der Waals surface area (Å²) in [5.74, 6) is 0.290. The molecule has 2 unspecified atom stereocenters. The lowest BCUT2D eigenvalue weighted by molar-refractivity contribution is -0.118. The molecule has 0 N–H and O–H groups in total. The fourth-order valence-corrected chi connectivity index (χ4v) is 10.1. The molecule has 0 spiro atoms. The first-order chi connectivity index (χ1) is 12.9. The maximum Gasteiger partial charge on any atom is 0.133 e. The summed E-state index contributed by atoms with van der Waals surface area (Å²) in [5, 5.41) is 4.16. The van der Waals surface area contributed by atoms with Crippen molar-refractivity contribution in [2.24, 2.45) is 0 Å². The Morgan fingerprint density at radius 2 is 1.30 bits per heavy atom. The largest absolute Gasteiger partial charge is 0.300 e. The molecule has 0 saturated carbocycles. The zero-order valence-corrected chi connectivity index (χ0v) is 18.3. The highest BCUT2D eigenvalue weighted by molar-refractivity contribution is 8.47. The summed E-state index contributed by atoms with van der Waals surface area (Å²) < 4.78 is 2.51. The molecule has 2 atom stereocenters. The van der Waals surface area contributed by atoms with E-state index in [0.717, 1.165) is 0 Å². The number of rotatable bonds is 10. The maximum absolute atomic E-state index is 12.2. The average molecular weight is 402 g/mol. The second-order valence-corrected chi connectivity index (χ2v) is 13.0. The molecule has 0 aromatic heterocycles. The molecule has 2 nitrogen and oxygen atoms in total. The number of nitrogens with zero attached hydrogens (tertiary/aromatic N) is 1. The van der Waals surface area contributed by atoms with E-state index in [1.165, 1.54) is 9.79 Å². The van der Waals surface area contributed by atoms with Gasteiger partial charge in [-0.25, -0.2) is 3.71 Å². The van der Waals surface area contributed by atoms with Crippen LogP contribution in [0.15, 0.2) is 94.4 Å². The van der Waals surface area contributed by atoms with Crippen LogP contribution in [0.25, 0.3) is 0 Å². The van der Waals surface area contributed by atoms with Crippen LogP contribution in [0.3, 0.4) is 0 Å². The van der Waals surface area contributed by atoms with E-state index in [1.54, 1.807) is 0 Å². The lowest BCUT2D eigenvalue weighted by Gasteiger charge is -2.55. The number of ketones is 1. The van der Waals surface area contributed by atoms with Crippen LogP contribution >= 0.6 is 20.4 Å². The Labute approximate surface area is 167 Å². The van der Waals surface area contributed by atoms with E-state index < -0.39 is 20.4 Å². The van der Waals surface area contributed by atoms with Crippen molar-refractivity contribution in [3.63, 3.8) is 0 Å². The molecule has 0 aliphatic heterocycles. The fourth-order valence-electron chi connectivity index (χ4n) is 3.08. The molecule has 2 aromatic rings. The van der Waals surface area contributed by atoms with Gasteiger partial charge in [0.15, 0.2) is 0 Å². The van der Waals surface area contributed by atoms with E-state index in [2.05, 4.69) is 88.7 Å². The predicted octanol–water partition coefficient (Wildman–Crippen LogP) is 6.76. The van der Waals surface area contributed by atoms with Crippen molar-refractivity contribution < 1.29 is 4.79 Å². The highest BCUT2D eigenvalue weighted by Gasteiger charge is 2.36. The minimum absolute atomic E-state index is 0.290. The summed E-state index contributed by atoms with van der Waals surface area (Å²) in [7, 11) is -3.01. The third kappa shape index (κ3) is 4.57. The highest BCUT2D eigenvalue weighted by Crippen LogP contribution is 2.71. The fraction of sp³-hybridized carbons (Fsp3) is 0.261. The SMILES string of the molecule is C=CS(C)(c1ccccc1)N(CCC(=O)CC)S(C)(C=C)c1ccccc1. The smallest absolute Gasteiger partial charge is 0.133 e. The molecule has 2 aromatic carbocycles. The number of hydrogen-bond donors (Lipinski definition) is 0. The molecule has 0 fully saturated rings. The summed E-state index contributed by atoms with van der Waals surface area (Å²) in [6.07, 6.45) is 5.65. The molecule has 0 radical (unpaired) electrons. The van der Waals surface area contributed by atoms with Gasteiger partial charge in [0.2, 0.25) is 0 Å². The molecule has 0 bridgehead atoms. The quantitative estimate of drug-likeness (QED) is 0.438. The summed E-state index contributed by atoms with van der Waals surface area (Å²) in [5.41, 5.74) is 0. The van der Waals surface area contributed by atoms with E-state index >= 15 is 0 Å². The van der Waals surface area contributed by atoms with E-state index in [1.807, 2.05) is 19.1 Å². The summed E-state index contributed by atoms with van der Waals surface area (Å²) in [6, 6.07) is 21.0. The van der Waals surface area contributed by atoms with Crippen LogP contribution in [0.4, 0.5) is 0 Å². The van der Waals surface area contributed by atoms with Crippen molar-refractivity contribution in [2.75, 3.05) is 19.1 Å². The van der Waals surface area contributed by atoms with Crippen LogP contribution in [-0.2, 0) is 4.79 Å². The summed E-state index contributed by atoms with van der Waals surface area (Å²) in [4.78, 5) is 14.7.